The molecule has 0 aliphatic carbocycles. The first kappa shape index (κ1) is 16.1. The molecule has 1 aromatic rings. The average molecular weight is 280 g/mol. The SMILES string of the molecule is CSCCCCCNC(=O)C(N)c1ccc(C)cc1. The highest BCUT2D eigenvalue weighted by Gasteiger charge is 2.14. The van der Waals surface area contributed by atoms with Crippen LogP contribution in [0.15, 0.2) is 24.3 Å². The van der Waals surface area contributed by atoms with Crippen molar-refractivity contribution >= 4 is 17.7 Å². The predicted octanol–water partition coefficient (Wildman–Crippen LogP) is 2.64. The van der Waals surface area contributed by atoms with E-state index in [0.29, 0.717) is 6.54 Å². The minimum atomic E-state index is -0.563. The number of unbranched alkanes of at least 4 members (excludes halogenated alkanes) is 2. The summed E-state index contributed by atoms with van der Waals surface area (Å²) < 4.78 is 0. The fourth-order valence-electron chi connectivity index (χ4n) is 1.79. The Morgan fingerprint density at radius 2 is 1.95 bits per heavy atom. The van der Waals surface area contributed by atoms with Crippen molar-refractivity contribution in [1.29, 1.82) is 0 Å². The fourth-order valence-corrected chi connectivity index (χ4v) is 2.29. The molecule has 1 rings (SSSR count). The van der Waals surface area contributed by atoms with Crippen molar-refractivity contribution in [2.24, 2.45) is 5.73 Å². The van der Waals surface area contributed by atoms with Crippen LogP contribution in [0.3, 0.4) is 0 Å². The van der Waals surface area contributed by atoms with Crippen molar-refractivity contribution in [3.8, 4) is 0 Å². The van der Waals surface area contributed by atoms with Gasteiger partial charge >= 0.3 is 0 Å². The van der Waals surface area contributed by atoms with Crippen LogP contribution < -0.4 is 11.1 Å². The third kappa shape index (κ3) is 6.12. The maximum absolute atomic E-state index is 11.9. The quantitative estimate of drug-likeness (QED) is 0.720. The molecule has 0 aromatic heterocycles. The van der Waals surface area contributed by atoms with Gasteiger partial charge in [-0.05, 0) is 37.3 Å². The van der Waals surface area contributed by atoms with Crippen LogP contribution in [-0.4, -0.2) is 24.5 Å². The first-order chi connectivity index (χ1) is 9.15. The van der Waals surface area contributed by atoms with Gasteiger partial charge in [-0.25, -0.2) is 0 Å². The smallest absolute Gasteiger partial charge is 0.241 e. The summed E-state index contributed by atoms with van der Waals surface area (Å²) >= 11 is 1.86. The van der Waals surface area contributed by atoms with Crippen LogP contribution in [0.25, 0.3) is 0 Å². The number of carbonyl (C=O) groups excluding carboxylic acids is 1. The number of benzene rings is 1. The van der Waals surface area contributed by atoms with Crippen molar-refractivity contribution in [2.75, 3.05) is 18.6 Å². The molecule has 1 aromatic carbocycles. The Morgan fingerprint density at radius 1 is 1.26 bits per heavy atom. The molecular formula is C15H24N2OS. The van der Waals surface area contributed by atoms with Gasteiger partial charge in [-0.2, -0.15) is 11.8 Å². The second-order valence-electron chi connectivity index (χ2n) is 4.73. The molecule has 0 saturated heterocycles. The van der Waals surface area contributed by atoms with Crippen molar-refractivity contribution in [2.45, 2.75) is 32.2 Å². The standard InChI is InChI=1S/C15H24N2OS/c1-12-6-8-13(9-7-12)14(16)15(18)17-10-4-3-5-11-19-2/h6-9,14H,3-5,10-11,16H2,1-2H3,(H,17,18). The van der Waals surface area contributed by atoms with Gasteiger partial charge in [0.15, 0.2) is 0 Å². The Balaban J connectivity index is 2.27. The van der Waals surface area contributed by atoms with Gasteiger partial charge in [-0.1, -0.05) is 36.2 Å². The lowest BCUT2D eigenvalue weighted by Crippen LogP contribution is -2.34. The highest BCUT2D eigenvalue weighted by molar-refractivity contribution is 7.98. The summed E-state index contributed by atoms with van der Waals surface area (Å²) in [6, 6.07) is 7.22. The van der Waals surface area contributed by atoms with Crippen LogP contribution in [0.5, 0.6) is 0 Å². The largest absolute Gasteiger partial charge is 0.354 e. The van der Waals surface area contributed by atoms with Gasteiger partial charge in [0.2, 0.25) is 5.91 Å². The summed E-state index contributed by atoms with van der Waals surface area (Å²) in [4.78, 5) is 11.9. The first-order valence-corrected chi connectivity index (χ1v) is 8.13. The Labute approximate surface area is 120 Å². The van der Waals surface area contributed by atoms with E-state index in [1.54, 1.807) is 0 Å². The maximum atomic E-state index is 11.9. The number of hydrogen-bond donors (Lipinski definition) is 2. The van der Waals surface area contributed by atoms with Gasteiger partial charge in [0.25, 0.3) is 0 Å². The van der Waals surface area contributed by atoms with E-state index >= 15 is 0 Å². The molecule has 0 saturated carbocycles. The van der Waals surface area contributed by atoms with Crippen LogP contribution in [-0.2, 0) is 4.79 Å². The molecule has 1 unspecified atom stereocenters. The van der Waals surface area contributed by atoms with Crippen molar-refractivity contribution < 1.29 is 4.79 Å². The molecule has 1 atom stereocenters. The monoisotopic (exact) mass is 280 g/mol. The molecule has 0 spiro atoms. The van der Waals surface area contributed by atoms with Gasteiger partial charge in [0, 0.05) is 6.54 Å². The minimum absolute atomic E-state index is 0.0891. The normalized spacial score (nSPS) is 12.2. The molecule has 0 bridgehead atoms. The van der Waals surface area contributed by atoms with Gasteiger partial charge < -0.3 is 11.1 Å². The van der Waals surface area contributed by atoms with Gasteiger partial charge in [-0.15, -0.1) is 0 Å². The predicted molar refractivity (Wildman–Crippen MR) is 83.4 cm³/mol. The molecular weight excluding hydrogens is 256 g/mol. The average Bonchev–Trinajstić information content (AvgIpc) is 2.42. The number of amides is 1. The molecule has 0 radical (unpaired) electrons. The third-order valence-corrected chi connectivity index (χ3v) is 3.74. The van der Waals surface area contributed by atoms with Crippen LogP contribution in [0.2, 0.25) is 0 Å². The zero-order valence-corrected chi connectivity index (χ0v) is 12.6. The summed E-state index contributed by atoms with van der Waals surface area (Å²) in [7, 11) is 0. The van der Waals surface area contributed by atoms with E-state index in [2.05, 4.69) is 11.6 Å². The molecule has 0 aliphatic heterocycles. The number of thioether (sulfide) groups is 1. The summed E-state index contributed by atoms with van der Waals surface area (Å²) in [6.45, 7) is 2.73. The second kappa shape index (κ2) is 8.99. The summed E-state index contributed by atoms with van der Waals surface area (Å²) in [5.41, 5.74) is 7.97. The molecule has 106 valence electrons. The number of hydrogen-bond acceptors (Lipinski definition) is 3. The number of carbonyl (C=O) groups is 1. The summed E-state index contributed by atoms with van der Waals surface area (Å²) in [6.07, 6.45) is 5.50. The van der Waals surface area contributed by atoms with Gasteiger partial charge in [0.1, 0.15) is 6.04 Å². The lowest BCUT2D eigenvalue weighted by Gasteiger charge is -2.12. The molecule has 3 nitrogen and oxygen atoms in total. The second-order valence-corrected chi connectivity index (χ2v) is 5.72. The molecule has 0 aliphatic rings. The van der Waals surface area contributed by atoms with E-state index in [1.807, 2.05) is 43.0 Å². The fraction of sp³-hybridized carbons (Fsp3) is 0.533. The van der Waals surface area contributed by atoms with Crippen molar-refractivity contribution in [3.05, 3.63) is 35.4 Å². The van der Waals surface area contributed by atoms with E-state index < -0.39 is 6.04 Å². The molecule has 0 heterocycles. The summed E-state index contributed by atoms with van der Waals surface area (Å²) in [5.74, 6) is 1.10. The van der Waals surface area contributed by atoms with Gasteiger partial charge in [0.05, 0.1) is 0 Å². The van der Waals surface area contributed by atoms with Crippen LogP contribution in [0, 0.1) is 6.92 Å². The first-order valence-electron chi connectivity index (χ1n) is 6.74. The van der Waals surface area contributed by atoms with Crippen LogP contribution >= 0.6 is 11.8 Å². The third-order valence-electron chi connectivity index (χ3n) is 3.04. The Bertz CT molecular complexity index is 378. The molecule has 4 heteroatoms. The summed E-state index contributed by atoms with van der Waals surface area (Å²) in [5, 5.41) is 2.90. The van der Waals surface area contributed by atoms with E-state index in [-0.39, 0.29) is 5.91 Å². The number of nitrogens with two attached hydrogens (primary N) is 1. The number of nitrogens with one attached hydrogen (secondary N) is 1. The Kier molecular flexibility index (Phi) is 7.60. The lowest BCUT2D eigenvalue weighted by molar-refractivity contribution is -0.122. The highest BCUT2D eigenvalue weighted by atomic mass is 32.2. The topological polar surface area (TPSA) is 55.1 Å². The lowest BCUT2D eigenvalue weighted by atomic mass is 10.1. The van der Waals surface area contributed by atoms with Crippen molar-refractivity contribution in [3.63, 3.8) is 0 Å². The Hall–Kier alpha value is -1.00. The number of aryl methyl sites for hydroxylation is 1. The molecule has 19 heavy (non-hydrogen) atoms. The van der Waals surface area contributed by atoms with E-state index in [1.165, 1.54) is 17.7 Å². The van der Waals surface area contributed by atoms with E-state index in [9.17, 15) is 4.79 Å². The zero-order valence-electron chi connectivity index (χ0n) is 11.8. The van der Waals surface area contributed by atoms with E-state index in [4.69, 9.17) is 5.73 Å². The molecule has 1 amide bonds. The van der Waals surface area contributed by atoms with E-state index in [0.717, 1.165) is 18.4 Å². The molecule has 3 N–H and O–H groups in total. The molecule has 0 fully saturated rings. The van der Waals surface area contributed by atoms with Crippen molar-refractivity contribution in [1.82, 2.24) is 5.32 Å². The minimum Gasteiger partial charge on any atom is -0.354 e. The van der Waals surface area contributed by atoms with Gasteiger partial charge in [-0.3, -0.25) is 4.79 Å². The van der Waals surface area contributed by atoms with Crippen LogP contribution in [0.4, 0.5) is 0 Å². The van der Waals surface area contributed by atoms with Crippen LogP contribution in [0.1, 0.15) is 36.4 Å². The Morgan fingerprint density at radius 3 is 2.58 bits per heavy atom. The maximum Gasteiger partial charge on any atom is 0.241 e. The number of rotatable bonds is 8. The zero-order chi connectivity index (χ0) is 14.1. The highest BCUT2D eigenvalue weighted by Crippen LogP contribution is 2.11.